The van der Waals surface area contributed by atoms with Crippen LogP contribution in [0, 0.1) is 5.92 Å². The number of hydrogen-bond acceptors (Lipinski definition) is 7. The molecule has 12 heteroatoms. The van der Waals surface area contributed by atoms with E-state index in [4.69, 9.17) is 42.5 Å². The van der Waals surface area contributed by atoms with Crippen LogP contribution >= 0.6 is 11.6 Å². The van der Waals surface area contributed by atoms with Gasteiger partial charge in [0.2, 0.25) is 0 Å². The summed E-state index contributed by atoms with van der Waals surface area (Å²) in [7, 11) is 0. The van der Waals surface area contributed by atoms with Gasteiger partial charge in [-0.1, -0.05) is 11.6 Å². The number of carboxylic acid groups (broad SMARTS) is 4. The highest BCUT2D eigenvalue weighted by Crippen LogP contribution is 2.26. The second kappa shape index (κ2) is 17.1. The van der Waals surface area contributed by atoms with E-state index < -0.39 is 23.9 Å². The summed E-state index contributed by atoms with van der Waals surface area (Å²) < 4.78 is 5.65. The SMILES string of the molecule is CCOc1ccc(Cl)cc1CN1CC[C@@H](CN)C1.O=C(O)/C=C/C(=O)O.O=C(O)/C=C/C(=O)O. The van der Waals surface area contributed by atoms with Crippen molar-refractivity contribution in [1.82, 2.24) is 4.90 Å². The molecule has 34 heavy (non-hydrogen) atoms. The van der Waals surface area contributed by atoms with Gasteiger partial charge in [-0.2, -0.15) is 0 Å². The highest BCUT2D eigenvalue weighted by Gasteiger charge is 2.22. The summed E-state index contributed by atoms with van der Waals surface area (Å²) in [5, 5.41) is 32.0. The van der Waals surface area contributed by atoms with E-state index in [0.717, 1.165) is 37.0 Å². The number of nitrogens with two attached hydrogens (primary N) is 1. The van der Waals surface area contributed by atoms with Gasteiger partial charge < -0.3 is 30.9 Å². The molecule has 0 aromatic heterocycles. The van der Waals surface area contributed by atoms with Crippen molar-refractivity contribution in [2.45, 2.75) is 19.9 Å². The molecule has 0 saturated carbocycles. The number of ether oxygens (including phenoxy) is 1. The van der Waals surface area contributed by atoms with Gasteiger partial charge in [-0.05, 0) is 50.6 Å². The molecule has 0 bridgehead atoms. The van der Waals surface area contributed by atoms with Crippen LogP contribution in [0.15, 0.2) is 42.5 Å². The predicted molar refractivity (Wildman–Crippen MR) is 124 cm³/mol. The van der Waals surface area contributed by atoms with Crippen LogP contribution in [0.25, 0.3) is 0 Å². The lowest BCUT2D eigenvalue weighted by molar-refractivity contribution is -0.134. The van der Waals surface area contributed by atoms with Gasteiger partial charge >= 0.3 is 23.9 Å². The summed E-state index contributed by atoms with van der Waals surface area (Å²) >= 11 is 6.06. The third kappa shape index (κ3) is 15.4. The fourth-order valence-electron chi connectivity index (χ4n) is 2.74. The Balaban J connectivity index is 0.000000570. The summed E-state index contributed by atoms with van der Waals surface area (Å²) in [5.74, 6) is -3.45. The van der Waals surface area contributed by atoms with Crippen molar-refractivity contribution in [2.75, 3.05) is 26.2 Å². The molecule has 1 saturated heterocycles. The minimum atomic E-state index is -1.26. The largest absolute Gasteiger partial charge is 0.494 e. The Morgan fingerprint density at radius 1 is 1.03 bits per heavy atom. The molecule has 0 spiro atoms. The van der Waals surface area contributed by atoms with Crippen LogP contribution in [0.1, 0.15) is 18.9 Å². The molecule has 1 aliphatic rings. The number of carboxylic acids is 4. The van der Waals surface area contributed by atoms with E-state index in [0.29, 0.717) is 36.8 Å². The predicted octanol–water partition coefficient (Wildman–Crippen LogP) is 1.94. The highest BCUT2D eigenvalue weighted by atomic mass is 35.5. The maximum absolute atomic E-state index is 9.55. The van der Waals surface area contributed by atoms with E-state index in [2.05, 4.69) is 4.90 Å². The van der Waals surface area contributed by atoms with E-state index in [1.807, 2.05) is 25.1 Å². The monoisotopic (exact) mass is 500 g/mol. The smallest absolute Gasteiger partial charge is 0.328 e. The average molecular weight is 501 g/mol. The maximum Gasteiger partial charge on any atom is 0.328 e. The Hall–Kier alpha value is -3.41. The molecule has 11 nitrogen and oxygen atoms in total. The third-order valence-electron chi connectivity index (χ3n) is 4.16. The second-order valence-corrected chi connectivity index (χ2v) is 7.27. The molecule has 1 aromatic rings. The van der Waals surface area contributed by atoms with E-state index in [1.54, 1.807) is 0 Å². The minimum Gasteiger partial charge on any atom is -0.494 e. The lowest BCUT2D eigenvalue weighted by Gasteiger charge is -2.18. The molecule has 6 N–H and O–H groups in total. The van der Waals surface area contributed by atoms with Gasteiger partial charge in [0.15, 0.2) is 0 Å². The van der Waals surface area contributed by atoms with Crippen molar-refractivity contribution in [2.24, 2.45) is 11.7 Å². The van der Waals surface area contributed by atoms with Crippen molar-refractivity contribution >= 4 is 35.5 Å². The van der Waals surface area contributed by atoms with Crippen LogP contribution in [0.4, 0.5) is 0 Å². The molecular formula is C22H29ClN2O9. The molecule has 0 amide bonds. The molecule has 2 rings (SSSR count). The normalized spacial score (nSPS) is 15.2. The van der Waals surface area contributed by atoms with Crippen molar-refractivity contribution in [3.05, 3.63) is 53.1 Å². The number of halogens is 1. The number of aliphatic carboxylic acids is 4. The average Bonchev–Trinajstić information content (AvgIpc) is 3.21. The quantitative estimate of drug-likeness (QED) is 0.311. The Morgan fingerprint density at radius 2 is 1.53 bits per heavy atom. The lowest BCUT2D eigenvalue weighted by atomic mass is 10.1. The molecule has 0 radical (unpaired) electrons. The van der Waals surface area contributed by atoms with Crippen LogP contribution in [-0.4, -0.2) is 75.4 Å². The highest BCUT2D eigenvalue weighted by molar-refractivity contribution is 6.30. The van der Waals surface area contributed by atoms with Crippen LogP contribution in [-0.2, 0) is 25.7 Å². The van der Waals surface area contributed by atoms with E-state index >= 15 is 0 Å². The van der Waals surface area contributed by atoms with Crippen LogP contribution in [0.5, 0.6) is 5.75 Å². The van der Waals surface area contributed by atoms with Gasteiger partial charge in [-0.3, -0.25) is 4.90 Å². The first-order valence-electron chi connectivity index (χ1n) is 10.1. The van der Waals surface area contributed by atoms with Crippen LogP contribution in [0.2, 0.25) is 5.02 Å². The zero-order valence-corrected chi connectivity index (χ0v) is 19.3. The summed E-state index contributed by atoms with van der Waals surface area (Å²) in [6.07, 6.45) is 3.43. The number of carbonyl (C=O) groups is 4. The number of nitrogens with zero attached hydrogens (tertiary/aromatic N) is 1. The molecule has 1 aromatic carbocycles. The Bertz CT molecular complexity index is 821. The minimum absolute atomic E-state index is 0.558. The number of hydrogen-bond donors (Lipinski definition) is 5. The molecule has 1 heterocycles. The number of benzene rings is 1. The van der Waals surface area contributed by atoms with E-state index in [-0.39, 0.29) is 0 Å². The second-order valence-electron chi connectivity index (χ2n) is 6.83. The zero-order chi connectivity index (χ0) is 26.1. The Kier molecular flexibility index (Phi) is 15.4. The lowest BCUT2D eigenvalue weighted by Crippen LogP contribution is -2.23. The molecular weight excluding hydrogens is 472 g/mol. The van der Waals surface area contributed by atoms with Crippen LogP contribution < -0.4 is 10.5 Å². The standard InChI is InChI=1S/C14H21ClN2O.2C4H4O4/c1-2-18-14-4-3-13(15)7-12(14)10-17-6-5-11(8-16)9-17;2*5-3(6)1-2-4(7)8/h3-4,7,11H,2,5-6,8-10,16H2,1H3;2*1-2H,(H,5,6)(H,7,8)/b;2*2-1+/t11-;;/m0../s1. The Morgan fingerprint density at radius 3 is 1.91 bits per heavy atom. The first-order valence-corrected chi connectivity index (χ1v) is 10.5. The van der Waals surface area contributed by atoms with Gasteiger partial charge in [0.1, 0.15) is 5.75 Å². The van der Waals surface area contributed by atoms with Gasteiger partial charge in [0.25, 0.3) is 0 Å². The topological polar surface area (TPSA) is 188 Å². The van der Waals surface area contributed by atoms with Gasteiger partial charge in [-0.25, -0.2) is 19.2 Å². The summed E-state index contributed by atoms with van der Waals surface area (Å²) in [6, 6.07) is 5.84. The first kappa shape index (κ1) is 30.6. The Labute approximate surface area is 201 Å². The molecule has 0 aliphatic carbocycles. The van der Waals surface area contributed by atoms with Crippen molar-refractivity contribution in [3.8, 4) is 5.75 Å². The molecule has 1 fully saturated rings. The zero-order valence-electron chi connectivity index (χ0n) is 18.6. The fourth-order valence-corrected chi connectivity index (χ4v) is 2.94. The third-order valence-corrected chi connectivity index (χ3v) is 4.39. The fraction of sp³-hybridized carbons (Fsp3) is 0.364. The van der Waals surface area contributed by atoms with E-state index in [9.17, 15) is 19.2 Å². The molecule has 0 unspecified atom stereocenters. The first-order chi connectivity index (χ1) is 16.0. The molecule has 188 valence electrons. The molecule has 1 atom stereocenters. The van der Waals surface area contributed by atoms with Crippen molar-refractivity contribution < 1.29 is 44.3 Å². The van der Waals surface area contributed by atoms with Gasteiger partial charge in [0, 0.05) is 48.0 Å². The summed E-state index contributed by atoms with van der Waals surface area (Å²) in [5.41, 5.74) is 6.89. The number of rotatable bonds is 9. The molecule has 1 aliphatic heterocycles. The van der Waals surface area contributed by atoms with Crippen LogP contribution in [0.3, 0.4) is 0 Å². The number of likely N-dealkylation sites (tertiary alicyclic amines) is 1. The van der Waals surface area contributed by atoms with Gasteiger partial charge in [-0.15, -0.1) is 0 Å². The summed E-state index contributed by atoms with van der Waals surface area (Å²) in [4.78, 5) is 40.6. The van der Waals surface area contributed by atoms with Crippen molar-refractivity contribution in [1.29, 1.82) is 0 Å². The van der Waals surface area contributed by atoms with Crippen molar-refractivity contribution in [3.63, 3.8) is 0 Å². The summed E-state index contributed by atoms with van der Waals surface area (Å²) in [6.45, 7) is 6.55. The van der Waals surface area contributed by atoms with E-state index in [1.165, 1.54) is 12.0 Å². The van der Waals surface area contributed by atoms with Gasteiger partial charge in [0.05, 0.1) is 6.61 Å². The maximum atomic E-state index is 9.55.